The summed E-state index contributed by atoms with van der Waals surface area (Å²) in [7, 11) is 0. The predicted octanol–water partition coefficient (Wildman–Crippen LogP) is 5.44. The molecule has 0 aromatic heterocycles. The zero-order valence-electron chi connectivity index (χ0n) is 12.5. The van der Waals surface area contributed by atoms with Crippen LogP contribution < -0.4 is 0 Å². The Labute approximate surface area is 124 Å². The van der Waals surface area contributed by atoms with Crippen LogP contribution >= 0.6 is 0 Å². The van der Waals surface area contributed by atoms with Crippen LogP contribution in [-0.4, -0.2) is 12.5 Å². The van der Waals surface area contributed by atoms with Crippen molar-refractivity contribution in [1.82, 2.24) is 0 Å². The molecule has 0 aliphatic heterocycles. The van der Waals surface area contributed by atoms with Crippen molar-refractivity contribution in [2.45, 2.75) is 63.5 Å². The van der Waals surface area contributed by atoms with E-state index in [1.807, 2.05) is 0 Å². The summed E-state index contributed by atoms with van der Waals surface area (Å²) in [4.78, 5) is 11.3. The maximum absolute atomic E-state index is 13.5. The molecular formula is C17H23F3O. The molecule has 0 spiro atoms. The van der Waals surface area contributed by atoms with Gasteiger partial charge in [0.15, 0.2) is 0 Å². The average molecular weight is 300 g/mol. The molecule has 0 saturated carbocycles. The average Bonchev–Trinajstić information content (AvgIpc) is 2.46. The van der Waals surface area contributed by atoms with E-state index in [1.165, 1.54) is 12.1 Å². The number of carbonyl (C=O) groups is 1. The lowest BCUT2D eigenvalue weighted by atomic mass is 9.76. The highest BCUT2D eigenvalue weighted by Crippen LogP contribution is 2.43. The molecule has 1 unspecified atom stereocenters. The van der Waals surface area contributed by atoms with Gasteiger partial charge in [-0.1, -0.05) is 75.8 Å². The Balaban J connectivity index is 2.77. The van der Waals surface area contributed by atoms with Crippen molar-refractivity contribution in [2.24, 2.45) is 0 Å². The van der Waals surface area contributed by atoms with Gasteiger partial charge in [-0.3, -0.25) is 0 Å². The van der Waals surface area contributed by atoms with Gasteiger partial charge in [0, 0.05) is 0 Å². The number of rotatable bonds is 9. The minimum absolute atomic E-state index is 0.0426. The number of unbranched alkanes of at least 4 members (excludes halogenated alkanes) is 5. The zero-order chi connectivity index (χ0) is 15.8. The topological polar surface area (TPSA) is 17.1 Å². The Morgan fingerprint density at radius 1 is 0.952 bits per heavy atom. The molecule has 4 heteroatoms. The Morgan fingerprint density at radius 2 is 1.52 bits per heavy atom. The second-order valence-corrected chi connectivity index (χ2v) is 5.47. The van der Waals surface area contributed by atoms with E-state index in [0.717, 1.165) is 32.1 Å². The zero-order valence-corrected chi connectivity index (χ0v) is 12.5. The summed E-state index contributed by atoms with van der Waals surface area (Å²) in [6.07, 6.45) is 0.679. The SMILES string of the molecule is CCCCCCCCC(C=O)(c1ccccc1)C(F)(F)F. The predicted molar refractivity (Wildman–Crippen MR) is 78.2 cm³/mol. The van der Waals surface area contributed by atoms with Gasteiger partial charge >= 0.3 is 6.18 Å². The van der Waals surface area contributed by atoms with E-state index in [4.69, 9.17) is 0 Å². The summed E-state index contributed by atoms with van der Waals surface area (Å²) >= 11 is 0. The number of halogens is 3. The van der Waals surface area contributed by atoms with Crippen LogP contribution in [0.25, 0.3) is 0 Å². The van der Waals surface area contributed by atoms with Crippen LogP contribution in [0.3, 0.4) is 0 Å². The van der Waals surface area contributed by atoms with Crippen LogP contribution in [0.1, 0.15) is 57.4 Å². The minimum atomic E-state index is -4.56. The van der Waals surface area contributed by atoms with Crippen molar-refractivity contribution in [3.63, 3.8) is 0 Å². The van der Waals surface area contributed by atoms with E-state index in [-0.39, 0.29) is 18.3 Å². The summed E-state index contributed by atoms with van der Waals surface area (Å²) in [5.41, 5.74) is -2.32. The summed E-state index contributed by atoms with van der Waals surface area (Å²) in [5, 5.41) is 0. The van der Waals surface area contributed by atoms with Gasteiger partial charge in [0.2, 0.25) is 0 Å². The summed E-state index contributed by atoms with van der Waals surface area (Å²) in [6, 6.07) is 7.51. The number of aldehydes is 1. The molecule has 1 aromatic carbocycles. The standard InChI is InChI=1S/C17H23F3O/c1-2-3-4-5-6-10-13-16(14-21,17(18,19)20)15-11-8-7-9-12-15/h7-9,11-12,14H,2-6,10,13H2,1H3. The van der Waals surface area contributed by atoms with Gasteiger partial charge in [0.05, 0.1) is 0 Å². The lowest BCUT2D eigenvalue weighted by molar-refractivity contribution is -0.189. The third-order valence-corrected chi connectivity index (χ3v) is 3.92. The van der Waals surface area contributed by atoms with Crippen LogP contribution in [-0.2, 0) is 10.2 Å². The van der Waals surface area contributed by atoms with Gasteiger partial charge in [-0.25, -0.2) is 0 Å². The van der Waals surface area contributed by atoms with E-state index in [1.54, 1.807) is 18.2 Å². The van der Waals surface area contributed by atoms with Crippen LogP contribution in [0, 0.1) is 0 Å². The molecule has 0 fully saturated rings. The molecule has 0 aliphatic rings. The first kappa shape index (κ1) is 17.7. The lowest BCUT2D eigenvalue weighted by Gasteiger charge is -2.31. The Kier molecular flexibility index (Phi) is 6.93. The van der Waals surface area contributed by atoms with Gasteiger partial charge in [-0.15, -0.1) is 0 Å². The smallest absolute Gasteiger partial charge is 0.302 e. The van der Waals surface area contributed by atoms with Gasteiger partial charge in [-0.2, -0.15) is 13.2 Å². The van der Waals surface area contributed by atoms with Crippen LogP contribution in [0.15, 0.2) is 30.3 Å². The fraction of sp³-hybridized carbons (Fsp3) is 0.588. The monoisotopic (exact) mass is 300 g/mol. The van der Waals surface area contributed by atoms with Crippen molar-refractivity contribution >= 4 is 6.29 Å². The van der Waals surface area contributed by atoms with Crippen LogP contribution in [0.4, 0.5) is 13.2 Å². The molecule has 0 radical (unpaired) electrons. The van der Waals surface area contributed by atoms with E-state index >= 15 is 0 Å². The van der Waals surface area contributed by atoms with E-state index < -0.39 is 11.6 Å². The first-order valence-corrected chi connectivity index (χ1v) is 7.56. The molecule has 1 aromatic rings. The fourth-order valence-corrected chi connectivity index (χ4v) is 2.56. The fourth-order valence-electron chi connectivity index (χ4n) is 2.56. The molecule has 0 bridgehead atoms. The lowest BCUT2D eigenvalue weighted by Crippen LogP contribution is -2.44. The van der Waals surface area contributed by atoms with Crippen molar-refractivity contribution < 1.29 is 18.0 Å². The van der Waals surface area contributed by atoms with Crippen molar-refractivity contribution in [3.05, 3.63) is 35.9 Å². The molecule has 0 aliphatic carbocycles. The number of hydrogen-bond acceptors (Lipinski definition) is 1. The maximum Gasteiger partial charge on any atom is 0.404 e. The van der Waals surface area contributed by atoms with E-state index in [2.05, 4.69) is 6.92 Å². The van der Waals surface area contributed by atoms with E-state index in [0.29, 0.717) is 6.42 Å². The molecule has 0 N–H and O–H groups in total. The van der Waals surface area contributed by atoms with E-state index in [9.17, 15) is 18.0 Å². The highest BCUT2D eigenvalue weighted by atomic mass is 19.4. The van der Waals surface area contributed by atoms with Gasteiger partial charge in [0.1, 0.15) is 11.7 Å². The second kappa shape index (κ2) is 8.20. The number of hydrogen-bond donors (Lipinski definition) is 0. The van der Waals surface area contributed by atoms with Gasteiger partial charge in [0.25, 0.3) is 0 Å². The van der Waals surface area contributed by atoms with Crippen LogP contribution in [0.5, 0.6) is 0 Å². The largest absolute Gasteiger partial charge is 0.404 e. The summed E-state index contributed by atoms with van der Waals surface area (Å²) in [5.74, 6) is 0. The number of carbonyl (C=O) groups excluding carboxylic acids is 1. The maximum atomic E-state index is 13.5. The Morgan fingerprint density at radius 3 is 2.05 bits per heavy atom. The summed E-state index contributed by atoms with van der Waals surface area (Å²) in [6.45, 7) is 2.09. The molecule has 21 heavy (non-hydrogen) atoms. The molecule has 118 valence electrons. The highest BCUT2D eigenvalue weighted by Gasteiger charge is 2.55. The minimum Gasteiger partial charge on any atom is -0.302 e. The highest BCUT2D eigenvalue weighted by molar-refractivity contribution is 5.70. The Hall–Kier alpha value is -1.32. The molecule has 0 saturated heterocycles. The molecule has 0 heterocycles. The molecule has 1 atom stereocenters. The quantitative estimate of drug-likeness (QED) is 0.438. The summed E-state index contributed by atoms with van der Waals surface area (Å²) < 4.78 is 40.4. The molecule has 1 nitrogen and oxygen atoms in total. The first-order chi connectivity index (χ1) is 9.98. The first-order valence-electron chi connectivity index (χ1n) is 7.56. The van der Waals surface area contributed by atoms with Gasteiger partial charge in [-0.05, 0) is 12.0 Å². The molecule has 0 amide bonds. The number of alkyl halides is 3. The molecule has 1 rings (SSSR count). The number of benzene rings is 1. The third-order valence-electron chi connectivity index (χ3n) is 3.92. The van der Waals surface area contributed by atoms with Crippen molar-refractivity contribution in [3.8, 4) is 0 Å². The second-order valence-electron chi connectivity index (χ2n) is 5.47. The Bertz CT molecular complexity index is 414. The molecular weight excluding hydrogens is 277 g/mol. The van der Waals surface area contributed by atoms with Crippen molar-refractivity contribution in [1.29, 1.82) is 0 Å². The van der Waals surface area contributed by atoms with Crippen molar-refractivity contribution in [2.75, 3.05) is 0 Å². The normalized spacial score (nSPS) is 14.7. The van der Waals surface area contributed by atoms with Gasteiger partial charge < -0.3 is 4.79 Å². The third kappa shape index (κ3) is 4.58. The van der Waals surface area contributed by atoms with Crippen LogP contribution in [0.2, 0.25) is 0 Å².